The van der Waals surface area contributed by atoms with E-state index < -0.39 is 0 Å². The third kappa shape index (κ3) is 4.49. The molecule has 1 saturated heterocycles. The van der Waals surface area contributed by atoms with Crippen molar-refractivity contribution in [3.05, 3.63) is 23.8 Å². The summed E-state index contributed by atoms with van der Waals surface area (Å²) in [5.41, 5.74) is 2.23. The number of nitrogens with one attached hydrogen (secondary N) is 1. The van der Waals surface area contributed by atoms with Gasteiger partial charge in [-0.2, -0.15) is 0 Å². The molecule has 2 rings (SSSR count). The van der Waals surface area contributed by atoms with E-state index in [1.165, 1.54) is 0 Å². The minimum absolute atomic E-state index is 0.0136. The molecule has 1 N–H and O–H groups in total. The van der Waals surface area contributed by atoms with Crippen LogP contribution in [0.4, 0.5) is 11.4 Å². The van der Waals surface area contributed by atoms with E-state index in [2.05, 4.69) is 12.2 Å². The van der Waals surface area contributed by atoms with Crippen molar-refractivity contribution in [2.75, 3.05) is 37.4 Å². The van der Waals surface area contributed by atoms with Crippen LogP contribution in [0.5, 0.6) is 0 Å². The molecular formula is C19H29N3O2. The van der Waals surface area contributed by atoms with Gasteiger partial charge in [0.1, 0.15) is 0 Å². The average molecular weight is 331 g/mol. The lowest BCUT2D eigenvalue weighted by atomic mass is 9.98. The summed E-state index contributed by atoms with van der Waals surface area (Å²) in [6, 6.07) is 5.57. The fourth-order valence-corrected chi connectivity index (χ4v) is 3.01. The Morgan fingerprint density at radius 3 is 2.50 bits per heavy atom. The summed E-state index contributed by atoms with van der Waals surface area (Å²) < 4.78 is 0. The maximum atomic E-state index is 13.0. The molecule has 1 aromatic carbocycles. The summed E-state index contributed by atoms with van der Waals surface area (Å²) in [6.45, 7) is 5.82. The van der Waals surface area contributed by atoms with E-state index in [0.717, 1.165) is 38.0 Å². The summed E-state index contributed by atoms with van der Waals surface area (Å²) in [6.07, 6.45) is 3.40. The zero-order chi connectivity index (χ0) is 17.7. The second-order valence-corrected chi connectivity index (χ2v) is 6.90. The topological polar surface area (TPSA) is 52.7 Å². The number of hydrogen-bond acceptors (Lipinski definition) is 3. The van der Waals surface area contributed by atoms with Crippen molar-refractivity contribution in [2.24, 2.45) is 5.92 Å². The Hall–Kier alpha value is -2.04. The first-order valence-electron chi connectivity index (χ1n) is 8.82. The summed E-state index contributed by atoms with van der Waals surface area (Å²) in [5, 5.41) is 2.89. The van der Waals surface area contributed by atoms with Crippen LogP contribution in [0.2, 0.25) is 0 Å². The monoisotopic (exact) mass is 331 g/mol. The van der Waals surface area contributed by atoms with Gasteiger partial charge in [0, 0.05) is 45.0 Å². The number of nitrogens with zero attached hydrogens (tertiary/aromatic N) is 2. The minimum atomic E-state index is -0.0136. The number of hydrogen-bond donors (Lipinski definition) is 1. The third-order valence-corrected chi connectivity index (χ3v) is 4.54. The average Bonchev–Trinajstić information content (AvgIpc) is 2.54. The Kier molecular flexibility index (Phi) is 6.23. The Balaban J connectivity index is 2.24. The largest absolute Gasteiger partial charge is 0.377 e. The molecule has 5 nitrogen and oxygen atoms in total. The molecule has 0 aromatic heterocycles. The lowest BCUT2D eigenvalue weighted by molar-refractivity contribution is -0.116. The van der Waals surface area contributed by atoms with E-state index >= 15 is 0 Å². The van der Waals surface area contributed by atoms with Crippen LogP contribution in [0.1, 0.15) is 49.9 Å². The number of amides is 2. The number of likely N-dealkylation sites (tertiary alicyclic amines) is 1. The molecule has 5 heteroatoms. The molecule has 0 radical (unpaired) electrons. The zero-order valence-corrected chi connectivity index (χ0v) is 15.3. The minimum Gasteiger partial charge on any atom is -0.377 e. The van der Waals surface area contributed by atoms with Gasteiger partial charge in [0.15, 0.2) is 0 Å². The molecule has 132 valence electrons. The number of carbonyl (C=O) groups is 2. The molecule has 0 bridgehead atoms. The first kappa shape index (κ1) is 18.3. The van der Waals surface area contributed by atoms with Crippen molar-refractivity contribution in [1.29, 1.82) is 0 Å². The number of rotatable bonds is 5. The van der Waals surface area contributed by atoms with Gasteiger partial charge in [-0.3, -0.25) is 9.59 Å². The van der Waals surface area contributed by atoms with Crippen LogP contribution in [0, 0.1) is 5.92 Å². The van der Waals surface area contributed by atoms with E-state index in [0.29, 0.717) is 23.6 Å². The molecule has 0 spiro atoms. The fourth-order valence-electron chi connectivity index (χ4n) is 3.01. The van der Waals surface area contributed by atoms with Gasteiger partial charge in [0.2, 0.25) is 5.91 Å². The smallest absolute Gasteiger partial charge is 0.256 e. The highest BCUT2D eigenvalue weighted by atomic mass is 16.2. The van der Waals surface area contributed by atoms with Crippen molar-refractivity contribution in [1.82, 2.24) is 4.90 Å². The Bertz CT molecular complexity index is 590. The van der Waals surface area contributed by atoms with Crippen molar-refractivity contribution >= 4 is 23.2 Å². The molecule has 0 unspecified atom stereocenters. The first-order valence-corrected chi connectivity index (χ1v) is 8.82. The van der Waals surface area contributed by atoms with Gasteiger partial charge in [-0.05, 0) is 43.4 Å². The summed E-state index contributed by atoms with van der Waals surface area (Å²) in [5.74, 6) is 0.722. The lowest BCUT2D eigenvalue weighted by Crippen LogP contribution is -2.38. The highest BCUT2D eigenvalue weighted by Crippen LogP contribution is 2.26. The summed E-state index contributed by atoms with van der Waals surface area (Å²) in [7, 11) is 3.86. The van der Waals surface area contributed by atoms with E-state index in [9.17, 15) is 9.59 Å². The molecule has 24 heavy (non-hydrogen) atoms. The van der Waals surface area contributed by atoms with Gasteiger partial charge in [-0.15, -0.1) is 0 Å². The predicted molar refractivity (Wildman–Crippen MR) is 98.6 cm³/mol. The van der Waals surface area contributed by atoms with Crippen LogP contribution in [-0.4, -0.2) is 43.9 Å². The van der Waals surface area contributed by atoms with E-state index in [4.69, 9.17) is 0 Å². The highest BCUT2D eigenvalue weighted by Gasteiger charge is 2.24. The van der Waals surface area contributed by atoms with Crippen LogP contribution in [-0.2, 0) is 4.79 Å². The van der Waals surface area contributed by atoms with Crippen LogP contribution in [0.25, 0.3) is 0 Å². The second-order valence-electron chi connectivity index (χ2n) is 6.90. The van der Waals surface area contributed by atoms with Crippen LogP contribution < -0.4 is 10.2 Å². The van der Waals surface area contributed by atoms with Gasteiger partial charge >= 0.3 is 0 Å². The number of anilines is 2. The van der Waals surface area contributed by atoms with Gasteiger partial charge in [0.25, 0.3) is 5.91 Å². The molecule has 1 aliphatic heterocycles. The Morgan fingerprint density at radius 1 is 1.25 bits per heavy atom. The Morgan fingerprint density at radius 2 is 1.92 bits per heavy atom. The van der Waals surface area contributed by atoms with Crippen LogP contribution in [0.3, 0.4) is 0 Å². The Labute approximate surface area is 145 Å². The van der Waals surface area contributed by atoms with Crippen molar-refractivity contribution in [2.45, 2.75) is 39.5 Å². The maximum absolute atomic E-state index is 13.0. The van der Waals surface area contributed by atoms with E-state index in [1.807, 2.05) is 49.0 Å². The van der Waals surface area contributed by atoms with Gasteiger partial charge in [-0.25, -0.2) is 0 Å². The second kappa shape index (κ2) is 8.18. The quantitative estimate of drug-likeness (QED) is 0.900. The van der Waals surface area contributed by atoms with Crippen molar-refractivity contribution in [3.63, 3.8) is 0 Å². The predicted octanol–water partition coefficient (Wildman–Crippen LogP) is 3.36. The van der Waals surface area contributed by atoms with Crippen molar-refractivity contribution < 1.29 is 9.59 Å². The van der Waals surface area contributed by atoms with Crippen LogP contribution in [0.15, 0.2) is 18.2 Å². The molecule has 0 saturated carbocycles. The normalized spacial score (nSPS) is 15.2. The van der Waals surface area contributed by atoms with Crippen LogP contribution >= 0.6 is 0 Å². The molecule has 1 fully saturated rings. The third-order valence-electron chi connectivity index (χ3n) is 4.54. The molecule has 0 aliphatic carbocycles. The highest BCUT2D eigenvalue weighted by molar-refractivity contribution is 6.02. The van der Waals surface area contributed by atoms with E-state index in [-0.39, 0.29) is 11.8 Å². The zero-order valence-electron chi connectivity index (χ0n) is 15.3. The SMILES string of the molecule is CCCC(=O)Nc1ccc(N(C)C)c(C(=O)N2CCC(C)CC2)c1. The molecule has 1 aliphatic rings. The van der Waals surface area contributed by atoms with Crippen molar-refractivity contribution in [3.8, 4) is 0 Å². The first-order chi connectivity index (χ1) is 11.4. The maximum Gasteiger partial charge on any atom is 0.256 e. The van der Waals surface area contributed by atoms with Gasteiger partial charge in [0.05, 0.1) is 5.56 Å². The number of piperidine rings is 1. The van der Waals surface area contributed by atoms with E-state index in [1.54, 1.807) is 0 Å². The fraction of sp³-hybridized carbons (Fsp3) is 0.579. The summed E-state index contributed by atoms with van der Waals surface area (Å²) >= 11 is 0. The number of carbonyl (C=O) groups excluding carboxylic acids is 2. The number of benzene rings is 1. The molecular weight excluding hydrogens is 302 g/mol. The molecule has 2 amide bonds. The van der Waals surface area contributed by atoms with Gasteiger partial charge in [-0.1, -0.05) is 13.8 Å². The molecule has 0 atom stereocenters. The standard InChI is InChI=1S/C19H29N3O2/c1-5-6-18(23)20-15-7-8-17(21(3)4)16(13-15)19(24)22-11-9-14(2)10-12-22/h7-8,13-14H,5-6,9-12H2,1-4H3,(H,20,23). The van der Waals surface area contributed by atoms with Gasteiger partial charge < -0.3 is 15.1 Å². The summed E-state index contributed by atoms with van der Waals surface area (Å²) in [4.78, 5) is 28.7. The molecule has 1 heterocycles. The lowest BCUT2D eigenvalue weighted by Gasteiger charge is -2.31. The molecule has 1 aromatic rings.